The first-order chi connectivity index (χ1) is 5.70. The average Bonchev–Trinajstić information content (AvgIpc) is 2.57. The topological polar surface area (TPSA) is 49.2 Å². The molecule has 1 aromatic rings. The van der Waals surface area contributed by atoms with Crippen LogP contribution in [0.3, 0.4) is 0 Å². The highest BCUT2D eigenvalue weighted by Gasteiger charge is 2.23. The molecule has 5 heteroatoms. The van der Waals surface area contributed by atoms with Crippen LogP contribution in [0.2, 0.25) is 0 Å². The van der Waals surface area contributed by atoms with Gasteiger partial charge in [0.1, 0.15) is 6.33 Å². The van der Waals surface area contributed by atoms with E-state index in [2.05, 4.69) is 16.5 Å². The summed E-state index contributed by atoms with van der Waals surface area (Å²) in [6.45, 7) is 2.36. The molecule has 0 saturated heterocycles. The van der Waals surface area contributed by atoms with Gasteiger partial charge in [-0.15, -0.1) is 10.2 Å². The molecule has 0 atom stereocenters. The Morgan fingerprint density at radius 3 is 2.58 bits per heavy atom. The third-order valence-corrected chi connectivity index (χ3v) is 1.74. The van der Waals surface area contributed by atoms with Crippen LogP contribution in [0.4, 0.5) is 0 Å². The highest BCUT2D eigenvalue weighted by molar-refractivity contribution is 4.67. The van der Waals surface area contributed by atoms with Crippen molar-refractivity contribution in [3.63, 3.8) is 0 Å². The van der Waals surface area contributed by atoms with E-state index in [1.165, 1.54) is 0 Å². The summed E-state index contributed by atoms with van der Waals surface area (Å²) in [6.07, 6.45) is 4.22. The van der Waals surface area contributed by atoms with Crippen LogP contribution in [0, 0.1) is 6.33 Å². The molecule has 0 aliphatic heterocycles. The largest absolute Gasteiger partial charge is 0.352 e. The first-order valence-electron chi connectivity index (χ1n) is 3.56. The van der Waals surface area contributed by atoms with Gasteiger partial charge in [0.15, 0.2) is 5.79 Å². The van der Waals surface area contributed by atoms with Crippen LogP contribution in [0.1, 0.15) is 6.92 Å². The highest BCUT2D eigenvalue weighted by Crippen LogP contribution is 2.11. The molecule has 0 fully saturated rings. The molecule has 1 rings (SSSR count). The van der Waals surface area contributed by atoms with Crippen molar-refractivity contribution in [1.82, 2.24) is 14.8 Å². The van der Waals surface area contributed by atoms with Crippen LogP contribution >= 0.6 is 0 Å². The van der Waals surface area contributed by atoms with Gasteiger partial charge in [-0.25, -0.2) is 0 Å². The molecule has 0 spiro atoms. The Morgan fingerprint density at radius 2 is 2.17 bits per heavy atom. The summed E-state index contributed by atoms with van der Waals surface area (Å²) in [7, 11) is 3.18. The van der Waals surface area contributed by atoms with Gasteiger partial charge in [0.2, 0.25) is 6.33 Å². The number of nitrogens with zero attached hydrogens (tertiary/aromatic N) is 3. The second-order valence-electron chi connectivity index (χ2n) is 2.60. The average molecular weight is 170 g/mol. The van der Waals surface area contributed by atoms with E-state index in [9.17, 15) is 0 Å². The zero-order valence-electron chi connectivity index (χ0n) is 7.44. The minimum atomic E-state index is -0.640. The van der Waals surface area contributed by atoms with Crippen molar-refractivity contribution in [1.29, 1.82) is 0 Å². The van der Waals surface area contributed by atoms with E-state index in [4.69, 9.17) is 9.47 Å². The van der Waals surface area contributed by atoms with Crippen LogP contribution in [-0.2, 0) is 16.0 Å². The van der Waals surface area contributed by atoms with Gasteiger partial charge in [0.05, 0.1) is 6.54 Å². The lowest BCUT2D eigenvalue weighted by Crippen LogP contribution is -2.34. The van der Waals surface area contributed by atoms with Crippen molar-refractivity contribution in [2.24, 2.45) is 0 Å². The molecule has 67 valence electrons. The fraction of sp³-hybridized carbons (Fsp3) is 0.714. The molecule has 0 aliphatic carbocycles. The molecule has 1 radical (unpaired) electrons. The summed E-state index contributed by atoms with van der Waals surface area (Å²) in [4.78, 5) is 0. The lowest BCUT2D eigenvalue weighted by atomic mass is 10.3. The summed E-state index contributed by atoms with van der Waals surface area (Å²) in [5.41, 5.74) is 0. The van der Waals surface area contributed by atoms with Crippen LogP contribution in [-0.4, -0.2) is 34.8 Å². The molecular formula is C7H12N3O2. The van der Waals surface area contributed by atoms with Crippen LogP contribution in [0.15, 0.2) is 6.33 Å². The number of hydrogen-bond donors (Lipinski definition) is 0. The van der Waals surface area contributed by atoms with E-state index >= 15 is 0 Å². The summed E-state index contributed by atoms with van der Waals surface area (Å²) in [6, 6.07) is 0. The van der Waals surface area contributed by atoms with E-state index in [-0.39, 0.29) is 0 Å². The highest BCUT2D eigenvalue weighted by atomic mass is 16.7. The maximum absolute atomic E-state index is 5.14. The summed E-state index contributed by atoms with van der Waals surface area (Å²) < 4.78 is 12.0. The lowest BCUT2D eigenvalue weighted by Gasteiger charge is -2.25. The fourth-order valence-electron chi connectivity index (χ4n) is 0.795. The Balaban J connectivity index is 2.60. The van der Waals surface area contributed by atoms with Gasteiger partial charge >= 0.3 is 0 Å². The van der Waals surface area contributed by atoms with Crippen molar-refractivity contribution < 1.29 is 9.47 Å². The summed E-state index contributed by atoms with van der Waals surface area (Å²) >= 11 is 0. The molecule has 12 heavy (non-hydrogen) atoms. The van der Waals surface area contributed by atoms with Gasteiger partial charge in [-0.1, -0.05) is 0 Å². The van der Waals surface area contributed by atoms with Crippen molar-refractivity contribution in [2.45, 2.75) is 19.3 Å². The third-order valence-electron chi connectivity index (χ3n) is 1.74. The first kappa shape index (κ1) is 9.15. The minimum Gasteiger partial charge on any atom is -0.352 e. The smallest absolute Gasteiger partial charge is 0.201 e. The number of ether oxygens (including phenoxy) is 2. The van der Waals surface area contributed by atoms with Crippen LogP contribution in [0.5, 0.6) is 0 Å². The van der Waals surface area contributed by atoms with E-state index in [0.717, 1.165) is 0 Å². The van der Waals surface area contributed by atoms with E-state index in [0.29, 0.717) is 6.54 Å². The zero-order chi connectivity index (χ0) is 9.03. The monoisotopic (exact) mass is 170 g/mol. The van der Waals surface area contributed by atoms with E-state index < -0.39 is 5.79 Å². The molecule has 0 N–H and O–H groups in total. The molecular weight excluding hydrogens is 158 g/mol. The number of rotatable bonds is 4. The second-order valence-corrected chi connectivity index (χ2v) is 2.60. The van der Waals surface area contributed by atoms with E-state index in [1.807, 2.05) is 6.92 Å². The Hall–Kier alpha value is -0.940. The second kappa shape index (κ2) is 3.64. The molecule has 0 aliphatic rings. The summed E-state index contributed by atoms with van der Waals surface area (Å²) in [5, 5.41) is 7.17. The predicted molar refractivity (Wildman–Crippen MR) is 41.3 cm³/mol. The molecule has 0 amide bonds. The molecule has 1 heterocycles. The fourth-order valence-corrected chi connectivity index (χ4v) is 0.795. The van der Waals surface area contributed by atoms with Gasteiger partial charge in [0.25, 0.3) is 0 Å². The number of methoxy groups -OCH3 is 2. The molecule has 0 bridgehead atoms. The SMILES string of the molecule is COC(C)(Cn1[c]nnc1)OC. The lowest BCUT2D eigenvalue weighted by molar-refractivity contribution is -0.201. The van der Waals surface area contributed by atoms with Crippen molar-refractivity contribution in [3.8, 4) is 0 Å². The third kappa shape index (κ3) is 2.02. The number of aromatic nitrogens is 3. The Bertz CT molecular complexity index is 219. The van der Waals surface area contributed by atoms with Crippen molar-refractivity contribution >= 4 is 0 Å². The van der Waals surface area contributed by atoms with Gasteiger partial charge in [-0.05, 0) is 6.92 Å². The maximum atomic E-state index is 5.14. The summed E-state index contributed by atoms with van der Waals surface area (Å²) in [5.74, 6) is -0.640. The van der Waals surface area contributed by atoms with Crippen molar-refractivity contribution in [2.75, 3.05) is 14.2 Å². The molecule has 1 aromatic heterocycles. The normalized spacial score (nSPS) is 11.9. The molecule has 0 saturated carbocycles. The Kier molecular flexibility index (Phi) is 2.78. The first-order valence-corrected chi connectivity index (χ1v) is 3.56. The standard InChI is InChI=1S/C7H12N3O2/c1-7(11-2,12-3)4-10-5-8-9-6-10/h5H,4H2,1-3H3. The van der Waals surface area contributed by atoms with Gasteiger partial charge in [-0.2, -0.15) is 0 Å². The predicted octanol–water partition coefficient (Wildman–Crippen LogP) is 0.0873. The molecule has 0 unspecified atom stereocenters. The van der Waals surface area contributed by atoms with Crippen LogP contribution in [0.25, 0.3) is 0 Å². The van der Waals surface area contributed by atoms with Crippen LogP contribution < -0.4 is 0 Å². The molecule has 5 nitrogen and oxygen atoms in total. The molecule has 0 aromatic carbocycles. The van der Waals surface area contributed by atoms with Gasteiger partial charge in [-0.3, -0.25) is 0 Å². The van der Waals surface area contributed by atoms with Gasteiger partial charge in [0, 0.05) is 14.2 Å². The van der Waals surface area contributed by atoms with Gasteiger partial charge < -0.3 is 14.0 Å². The number of hydrogen-bond acceptors (Lipinski definition) is 4. The minimum absolute atomic E-state index is 0.521. The van der Waals surface area contributed by atoms with E-state index in [1.54, 1.807) is 25.1 Å². The zero-order valence-corrected chi connectivity index (χ0v) is 7.44. The quantitative estimate of drug-likeness (QED) is 0.601. The Labute approximate surface area is 71.3 Å². The maximum Gasteiger partial charge on any atom is 0.201 e. The Morgan fingerprint density at radius 1 is 1.50 bits per heavy atom. The van der Waals surface area contributed by atoms with Crippen molar-refractivity contribution in [3.05, 3.63) is 12.7 Å².